The monoisotopic (exact) mass is 479 g/mol. The highest BCUT2D eigenvalue weighted by molar-refractivity contribution is 6.26. The van der Waals surface area contributed by atoms with Gasteiger partial charge in [-0.15, -0.1) is 0 Å². The molecule has 6 nitrogen and oxygen atoms in total. The Labute approximate surface area is 198 Å². The number of hydrogen-bond donors (Lipinski definition) is 3. The highest BCUT2D eigenvalue weighted by Gasteiger charge is 2.31. The molecule has 1 atom stereocenters. The van der Waals surface area contributed by atoms with E-state index in [2.05, 4.69) is 15.8 Å². The Balaban J connectivity index is 1.60. The van der Waals surface area contributed by atoms with E-state index in [0.717, 1.165) is 29.8 Å². The maximum absolute atomic E-state index is 13.2. The molecule has 0 unspecified atom stereocenters. The van der Waals surface area contributed by atoms with Crippen LogP contribution < -0.4 is 10.6 Å². The van der Waals surface area contributed by atoms with E-state index in [1.165, 1.54) is 6.08 Å². The number of fused-ring (bicyclic) bond motifs is 1. The lowest BCUT2D eigenvalue weighted by Gasteiger charge is -2.24. The summed E-state index contributed by atoms with van der Waals surface area (Å²) in [6.07, 6.45) is -2.95. The molecule has 3 aromatic carbocycles. The molecule has 35 heavy (non-hydrogen) atoms. The number of benzene rings is 3. The van der Waals surface area contributed by atoms with E-state index in [0.29, 0.717) is 11.1 Å². The Kier molecular flexibility index (Phi) is 6.68. The van der Waals surface area contributed by atoms with Gasteiger partial charge < -0.3 is 15.8 Å². The van der Waals surface area contributed by atoms with Gasteiger partial charge in [0.1, 0.15) is 11.8 Å². The van der Waals surface area contributed by atoms with Crippen molar-refractivity contribution >= 4 is 23.1 Å². The second-order valence-corrected chi connectivity index (χ2v) is 7.87. The van der Waals surface area contributed by atoms with Crippen LogP contribution in [0.2, 0.25) is 0 Å². The van der Waals surface area contributed by atoms with Crippen molar-refractivity contribution in [1.29, 1.82) is 0 Å². The van der Waals surface area contributed by atoms with Crippen LogP contribution in [0.1, 0.15) is 27.0 Å². The van der Waals surface area contributed by atoms with Gasteiger partial charge in [-0.1, -0.05) is 59.8 Å². The van der Waals surface area contributed by atoms with Crippen molar-refractivity contribution in [1.82, 2.24) is 5.32 Å². The van der Waals surface area contributed by atoms with E-state index in [-0.39, 0.29) is 29.3 Å². The number of allylic oxidation sites excluding steroid dienone is 2. The molecule has 3 aromatic rings. The van der Waals surface area contributed by atoms with Crippen molar-refractivity contribution in [2.45, 2.75) is 18.6 Å². The maximum Gasteiger partial charge on any atom is 0.416 e. The normalized spacial score (nSPS) is 15.2. The van der Waals surface area contributed by atoms with Gasteiger partial charge in [-0.25, -0.2) is 0 Å². The SMILES string of the molecule is O=C1C(N[C@H](Cc2ccccc2)C(=O)Nc2ccc(C(F)(F)F)cc2)=C/C(=N/O)c2ccccc21. The van der Waals surface area contributed by atoms with E-state index in [1.54, 1.807) is 36.4 Å². The molecule has 0 aromatic heterocycles. The fourth-order valence-corrected chi connectivity index (χ4v) is 3.74. The van der Waals surface area contributed by atoms with Crippen LogP contribution in [0.5, 0.6) is 0 Å². The van der Waals surface area contributed by atoms with Gasteiger partial charge in [-0.2, -0.15) is 13.2 Å². The maximum atomic E-state index is 13.2. The molecule has 0 bridgehead atoms. The summed E-state index contributed by atoms with van der Waals surface area (Å²) in [7, 11) is 0. The molecule has 0 spiro atoms. The number of oxime groups is 1. The van der Waals surface area contributed by atoms with E-state index in [4.69, 9.17) is 0 Å². The first kappa shape index (κ1) is 23.7. The molecule has 178 valence electrons. The number of halogens is 3. The van der Waals surface area contributed by atoms with Crippen molar-refractivity contribution in [3.05, 3.63) is 113 Å². The number of nitrogens with zero attached hydrogens (tertiary/aromatic N) is 1. The summed E-state index contributed by atoms with van der Waals surface area (Å²) >= 11 is 0. The van der Waals surface area contributed by atoms with Gasteiger partial charge in [-0.3, -0.25) is 9.59 Å². The predicted molar refractivity (Wildman–Crippen MR) is 124 cm³/mol. The molecule has 9 heteroatoms. The fourth-order valence-electron chi connectivity index (χ4n) is 3.74. The van der Waals surface area contributed by atoms with Crippen LogP contribution in [0.15, 0.2) is 95.8 Å². The number of nitrogens with one attached hydrogen (secondary N) is 2. The largest absolute Gasteiger partial charge is 0.416 e. The van der Waals surface area contributed by atoms with Crippen LogP contribution in [-0.2, 0) is 17.4 Å². The molecule has 0 heterocycles. The molecule has 4 rings (SSSR count). The number of ketones is 1. The molecule has 1 amide bonds. The molecular formula is C26H20F3N3O3. The quantitative estimate of drug-likeness (QED) is 0.350. The van der Waals surface area contributed by atoms with Crippen LogP contribution in [-0.4, -0.2) is 28.7 Å². The summed E-state index contributed by atoms with van der Waals surface area (Å²) in [5.41, 5.74) is 1.13. The van der Waals surface area contributed by atoms with Crippen LogP contribution in [0, 0.1) is 0 Å². The Hall–Kier alpha value is -4.40. The topological polar surface area (TPSA) is 90.8 Å². The molecule has 0 saturated heterocycles. The van der Waals surface area contributed by atoms with E-state index in [1.807, 2.05) is 18.2 Å². The first-order chi connectivity index (χ1) is 16.8. The summed E-state index contributed by atoms with van der Waals surface area (Å²) in [6, 6.07) is 18.8. The molecule has 0 radical (unpaired) electrons. The van der Waals surface area contributed by atoms with Gasteiger partial charge in [0.25, 0.3) is 0 Å². The van der Waals surface area contributed by atoms with Crippen LogP contribution in [0.4, 0.5) is 18.9 Å². The summed E-state index contributed by atoms with van der Waals surface area (Å²) in [5.74, 6) is -0.933. The Morgan fingerprint density at radius 2 is 1.54 bits per heavy atom. The second kappa shape index (κ2) is 9.84. The summed E-state index contributed by atoms with van der Waals surface area (Å²) < 4.78 is 38.6. The number of rotatable bonds is 6. The lowest BCUT2D eigenvalue weighted by Crippen LogP contribution is -2.44. The van der Waals surface area contributed by atoms with Crippen molar-refractivity contribution < 1.29 is 28.0 Å². The zero-order chi connectivity index (χ0) is 25.0. The third-order valence-corrected chi connectivity index (χ3v) is 5.49. The van der Waals surface area contributed by atoms with Gasteiger partial charge in [0.05, 0.1) is 11.3 Å². The van der Waals surface area contributed by atoms with Crippen LogP contribution >= 0.6 is 0 Å². The molecule has 3 N–H and O–H groups in total. The molecule has 0 fully saturated rings. The number of carbonyl (C=O) groups excluding carboxylic acids is 2. The van der Waals surface area contributed by atoms with Crippen molar-refractivity contribution in [2.24, 2.45) is 5.16 Å². The van der Waals surface area contributed by atoms with Gasteiger partial charge >= 0.3 is 6.18 Å². The van der Waals surface area contributed by atoms with Crippen LogP contribution in [0.25, 0.3) is 0 Å². The highest BCUT2D eigenvalue weighted by atomic mass is 19.4. The van der Waals surface area contributed by atoms with Gasteiger partial charge in [0.2, 0.25) is 11.7 Å². The van der Waals surface area contributed by atoms with Crippen molar-refractivity contribution in [3.8, 4) is 0 Å². The number of amides is 1. The third-order valence-electron chi connectivity index (χ3n) is 5.49. The van der Waals surface area contributed by atoms with Gasteiger partial charge in [0, 0.05) is 23.2 Å². The number of anilines is 1. The number of Topliss-reactive ketones (excluding diaryl/α,β-unsaturated/α-hetero) is 1. The summed E-state index contributed by atoms with van der Waals surface area (Å²) in [5, 5.41) is 18.2. The second-order valence-electron chi connectivity index (χ2n) is 7.87. The predicted octanol–water partition coefficient (Wildman–Crippen LogP) is 4.80. The Bertz CT molecular complexity index is 1300. The third kappa shape index (κ3) is 5.40. The Morgan fingerprint density at radius 1 is 0.914 bits per heavy atom. The van der Waals surface area contributed by atoms with Crippen LogP contribution in [0.3, 0.4) is 0 Å². The zero-order valence-electron chi connectivity index (χ0n) is 18.2. The molecule has 0 saturated carbocycles. The van der Waals surface area contributed by atoms with Crippen molar-refractivity contribution in [2.75, 3.05) is 5.32 Å². The number of alkyl halides is 3. The zero-order valence-corrected chi connectivity index (χ0v) is 18.2. The smallest absolute Gasteiger partial charge is 0.410 e. The minimum atomic E-state index is -4.49. The van der Waals surface area contributed by atoms with Crippen molar-refractivity contribution in [3.63, 3.8) is 0 Å². The van der Waals surface area contributed by atoms with E-state index < -0.39 is 23.7 Å². The van der Waals surface area contributed by atoms with E-state index >= 15 is 0 Å². The molecule has 1 aliphatic carbocycles. The minimum Gasteiger partial charge on any atom is -0.410 e. The fraction of sp³-hybridized carbons (Fsp3) is 0.115. The first-order valence-corrected chi connectivity index (χ1v) is 10.6. The molecule has 0 aliphatic heterocycles. The highest BCUT2D eigenvalue weighted by Crippen LogP contribution is 2.30. The Morgan fingerprint density at radius 3 is 2.17 bits per heavy atom. The average molecular weight is 479 g/mol. The first-order valence-electron chi connectivity index (χ1n) is 10.6. The average Bonchev–Trinajstić information content (AvgIpc) is 2.85. The van der Waals surface area contributed by atoms with E-state index in [9.17, 15) is 28.0 Å². The number of hydrogen-bond acceptors (Lipinski definition) is 5. The summed E-state index contributed by atoms with van der Waals surface area (Å²) in [6.45, 7) is 0. The molecule has 1 aliphatic rings. The molecular weight excluding hydrogens is 459 g/mol. The van der Waals surface area contributed by atoms with Gasteiger partial charge in [-0.05, 0) is 35.9 Å². The minimum absolute atomic E-state index is 0.0556. The van der Waals surface area contributed by atoms with Gasteiger partial charge in [0.15, 0.2) is 0 Å². The summed E-state index contributed by atoms with van der Waals surface area (Å²) in [4.78, 5) is 26.2. The number of carbonyl (C=O) groups is 2. The lowest BCUT2D eigenvalue weighted by atomic mass is 9.91. The standard InChI is InChI=1S/C26H20F3N3O3/c27-26(28,29)17-10-12-18(13-11-17)30-25(34)23(14-16-6-2-1-3-7-16)31-22-15-21(32-35)19-8-4-5-9-20(19)24(22)33/h1-13,15,23,31,35H,14H2,(H,30,34)/b32-21-/t23-/m1/s1. The lowest BCUT2D eigenvalue weighted by molar-refractivity contribution is -0.137.